The first-order valence-electron chi connectivity index (χ1n) is 8.21. The van der Waals surface area contributed by atoms with Crippen LogP contribution in [0.2, 0.25) is 0 Å². The number of hydrogen-bond acceptors (Lipinski definition) is 9. The molecule has 1 aliphatic rings. The van der Waals surface area contributed by atoms with Gasteiger partial charge in [-0.1, -0.05) is 6.07 Å². The molecule has 0 unspecified atom stereocenters. The minimum atomic E-state index is -1.52. The second-order valence-electron chi connectivity index (χ2n) is 6.28. The molecule has 1 saturated heterocycles. The maximum absolute atomic E-state index is 13.5. The van der Waals surface area contributed by atoms with Crippen LogP contribution in [0.1, 0.15) is 17.9 Å². The Balaban J connectivity index is 1.65. The van der Waals surface area contributed by atoms with Crippen LogP contribution in [-0.4, -0.2) is 53.2 Å². The number of rotatable bonds is 4. The second kappa shape index (κ2) is 7.00. The van der Waals surface area contributed by atoms with E-state index < -0.39 is 42.3 Å². The van der Waals surface area contributed by atoms with Crippen LogP contribution in [0, 0.1) is 11.6 Å². The fourth-order valence-corrected chi connectivity index (χ4v) is 3.21. The van der Waals surface area contributed by atoms with Crippen LogP contribution in [0.15, 0.2) is 30.9 Å². The number of ether oxygens (including phenoxy) is 1. The van der Waals surface area contributed by atoms with Gasteiger partial charge in [-0.3, -0.25) is 4.57 Å². The maximum atomic E-state index is 13.5. The Morgan fingerprint density at radius 1 is 1.14 bits per heavy atom. The van der Waals surface area contributed by atoms with Crippen molar-refractivity contribution in [3.63, 3.8) is 0 Å². The van der Waals surface area contributed by atoms with E-state index in [0.29, 0.717) is 5.52 Å². The molecule has 1 aliphatic heterocycles. The summed E-state index contributed by atoms with van der Waals surface area (Å²) in [4.78, 5) is 12.1. The molecule has 1 fully saturated rings. The number of hydrazine groups is 1. The summed E-state index contributed by atoms with van der Waals surface area (Å²) >= 11 is 0. The molecule has 10 nitrogen and oxygen atoms in total. The third-order valence-electron chi connectivity index (χ3n) is 4.64. The van der Waals surface area contributed by atoms with Crippen molar-refractivity contribution < 1.29 is 28.8 Å². The molecule has 4 rings (SSSR count). The highest BCUT2D eigenvalue weighted by Gasteiger charge is 2.47. The van der Waals surface area contributed by atoms with Crippen molar-refractivity contribution in [2.24, 2.45) is 5.84 Å². The molecule has 0 aliphatic carbocycles. The number of aromatic nitrogens is 4. The number of nitrogens with two attached hydrogens (primary N) is 1. The molecule has 0 spiro atoms. The van der Waals surface area contributed by atoms with E-state index in [2.05, 4.69) is 20.4 Å². The Bertz CT molecular complexity index is 1020. The summed E-state index contributed by atoms with van der Waals surface area (Å²) in [6.07, 6.45) is -4.41. The fourth-order valence-electron chi connectivity index (χ4n) is 3.21. The average molecular weight is 394 g/mol. The lowest BCUT2D eigenvalue weighted by Crippen LogP contribution is -2.34. The third-order valence-corrected chi connectivity index (χ3v) is 4.64. The number of anilines is 1. The normalized spacial score (nSPS) is 25.9. The monoisotopic (exact) mass is 394 g/mol. The molecule has 0 saturated carbocycles. The van der Waals surface area contributed by atoms with Gasteiger partial charge in [0.15, 0.2) is 34.8 Å². The molecular formula is C16H16F2N6O4. The second-order valence-corrected chi connectivity index (χ2v) is 6.28. The van der Waals surface area contributed by atoms with Crippen LogP contribution in [-0.2, 0) is 4.74 Å². The number of hydrogen-bond donors (Lipinski definition) is 5. The molecule has 28 heavy (non-hydrogen) atoms. The first-order valence-corrected chi connectivity index (χ1v) is 8.21. The summed E-state index contributed by atoms with van der Waals surface area (Å²) in [5.74, 6) is 3.40. The smallest absolute Gasteiger partial charge is 0.171 e. The van der Waals surface area contributed by atoms with E-state index in [-0.39, 0.29) is 17.0 Å². The molecule has 5 atom stereocenters. The summed E-state index contributed by atoms with van der Waals surface area (Å²) in [6.45, 7) is 0. The van der Waals surface area contributed by atoms with Crippen molar-refractivity contribution >= 4 is 17.0 Å². The van der Waals surface area contributed by atoms with Crippen molar-refractivity contribution in [3.05, 3.63) is 48.1 Å². The van der Waals surface area contributed by atoms with E-state index in [1.54, 1.807) is 0 Å². The summed E-state index contributed by atoms with van der Waals surface area (Å²) in [7, 11) is 0. The van der Waals surface area contributed by atoms with Gasteiger partial charge in [-0.05, 0) is 17.7 Å². The van der Waals surface area contributed by atoms with E-state index in [1.807, 2.05) is 0 Å². The summed E-state index contributed by atoms with van der Waals surface area (Å²) < 4.78 is 33.6. The molecule has 0 amide bonds. The Hall–Kier alpha value is -2.77. The van der Waals surface area contributed by atoms with Gasteiger partial charge < -0.3 is 25.5 Å². The number of benzene rings is 1. The number of imidazole rings is 1. The number of fused-ring (bicyclic) bond motifs is 1. The number of aliphatic hydroxyl groups excluding tert-OH is 3. The minimum absolute atomic E-state index is 0.0109. The molecule has 3 aromatic rings. The third kappa shape index (κ3) is 2.87. The van der Waals surface area contributed by atoms with Crippen LogP contribution in [0.4, 0.5) is 14.6 Å². The lowest BCUT2D eigenvalue weighted by atomic mass is 9.99. The molecule has 3 heterocycles. The Morgan fingerprint density at radius 2 is 1.93 bits per heavy atom. The number of nitrogen functional groups attached to an aromatic ring is 1. The van der Waals surface area contributed by atoms with Gasteiger partial charge in [-0.25, -0.2) is 29.6 Å². The average Bonchev–Trinajstić information content (AvgIpc) is 3.25. The van der Waals surface area contributed by atoms with E-state index in [4.69, 9.17) is 10.6 Å². The topological polar surface area (TPSA) is 152 Å². The van der Waals surface area contributed by atoms with Crippen LogP contribution < -0.4 is 11.3 Å². The lowest BCUT2D eigenvalue weighted by molar-refractivity contribution is -0.0850. The van der Waals surface area contributed by atoms with Crippen LogP contribution in [0.25, 0.3) is 11.2 Å². The van der Waals surface area contributed by atoms with E-state index in [0.717, 1.165) is 18.2 Å². The zero-order valence-electron chi connectivity index (χ0n) is 14.1. The Labute approximate surface area is 156 Å². The van der Waals surface area contributed by atoms with Gasteiger partial charge in [0, 0.05) is 0 Å². The van der Waals surface area contributed by atoms with Crippen molar-refractivity contribution in [2.75, 3.05) is 5.43 Å². The molecule has 0 radical (unpaired) electrons. The standard InChI is InChI=1S/C16H16F2N6O4/c17-7-2-1-6(3-8(7)18)10(25)13-11(26)12(27)16(28-13)24-5-22-9-14(23-19)20-4-21-15(9)24/h1-5,10-13,16,25-27H,19H2,(H,20,21,23)/t10-,11+,12-,13-,16-/m1/s1. The Morgan fingerprint density at radius 3 is 2.64 bits per heavy atom. The highest BCUT2D eigenvalue weighted by atomic mass is 19.2. The van der Waals surface area contributed by atoms with E-state index in [9.17, 15) is 24.1 Å². The number of aliphatic hydroxyl groups is 3. The molecular weight excluding hydrogens is 378 g/mol. The largest absolute Gasteiger partial charge is 0.387 e. The molecule has 0 bridgehead atoms. The zero-order valence-corrected chi connectivity index (χ0v) is 14.1. The van der Waals surface area contributed by atoms with Crippen molar-refractivity contribution in [2.45, 2.75) is 30.6 Å². The van der Waals surface area contributed by atoms with Gasteiger partial charge in [-0.15, -0.1) is 0 Å². The quantitative estimate of drug-likeness (QED) is 0.298. The lowest BCUT2D eigenvalue weighted by Gasteiger charge is -2.21. The first kappa shape index (κ1) is 18.6. The number of halogens is 2. The highest BCUT2D eigenvalue weighted by Crippen LogP contribution is 2.37. The maximum Gasteiger partial charge on any atom is 0.171 e. The Kier molecular flexibility index (Phi) is 4.64. The van der Waals surface area contributed by atoms with Crippen LogP contribution in [0.3, 0.4) is 0 Å². The number of nitrogens with one attached hydrogen (secondary N) is 1. The van der Waals surface area contributed by atoms with Crippen LogP contribution in [0.5, 0.6) is 0 Å². The van der Waals surface area contributed by atoms with Gasteiger partial charge in [0.05, 0.1) is 6.33 Å². The first-order chi connectivity index (χ1) is 13.4. The molecule has 148 valence electrons. The molecule has 6 N–H and O–H groups in total. The van der Waals surface area contributed by atoms with Crippen LogP contribution >= 0.6 is 0 Å². The summed E-state index contributed by atoms with van der Waals surface area (Å²) in [5, 5.41) is 31.3. The summed E-state index contributed by atoms with van der Waals surface area (Å²) in [5.41, 5.74) is 2.93. The van der Waals surface area contributed by atoms with Crippen molar-refractivity contribution in [1.82, 2.24) is 19.5 Å². The van der Waals surface area contributed by atoms with Gasteiger partial charge >= 0.3 is 0 Å². The van der Waals surface area contributed by atoms with Crippen molar-refractivity contribution in [1.29, 1.82) is 0 Å². The van der Waals surface area contributed by atoms with Gasteiger partial charge in [0.25, 0.3) is 0 Å². The van der Waals surface area contributed by atoms with Gasteiger partial charge in [-0.2, -0.15) is 0 Å². The number of nitrogens with zero attached hydrogens (tertiary/aromatic N) is 4. The van der Waals surface area contributed by atoms with Gasteiger partial charge in [0.2, 0.25) is 0 Å². The van der Waals surface area contributed by atoms with E-state index >= 15 is 0 Å². The minimum Gasteiger partial charge on any atom is -0.387 e. The van der Waals surface area contributed by atoms with E-state index in [1.165, 1.54) is 17.2 Å². The summed E-state index contributed by atoms with van der Waals surface area (Å²) in [6, 6.07) is 2.82. The SMILES string of the molecule is NNc1ncnc2c1ncn2[C@@H]1O[C@H]([C@H](O)c2ccc(F)c(F)c2)[C@@H](O)[C@H]1O. The predicted molar refractivity (Wildman–Crippen MR) is 90.4 cm³/mol. The molecule has 1 aromatic carbocycles. The van der Waals surface area contributed by atoms with Crippen molar-refractivity contribution in [3.8, 4) is 0 Å². The van der Waals surface area contributed by atoms with Gasteiger partial charge in [0.1, 0.15) is 30.7 Å². The highest BCUT2D eigenvalue weighted by molar-refractivity contribution is 5.82. The molecule has 12 heteroatoms. The fraction of sp³-hybridized carbons (Fsp3) is 0.312. The predicted octanol–water partition coefficient (Wildman–Crippen LogP) is -0.257. The zero-order chi connectivity index (χ0) is 20.0. The molecule has 2 aromatic heterocycles.